The number of rotatable bonds is 7. The van der Waals surface area contributed by atoms with E-state index in [2.05, 4.69) is 15.5 Å². The molecule has 0 aliphatic carbocycles. The van der Waals surface area contributed by atoms with E-state index in [-0.39, 0.29) is 24.1 Å². The molecule has 0 bridgehead atoms. The number of benzene rings is 2. The number of aromatic nitrogens is 4. The highest BCUT2D eigenvalue weighted by molar-refractivity contribution is 6.31. The van der Waals surface area contributed by atoms with Gasteiger partial charge in [0.15, 0.2) is 0 Å². The lowest BCUT2D eigenvalue weighted by Gasteiger charge is -2.13. The maximum Gasteiger partial charge on any atom is 0.263 e. The molecule has 31 heavy (non-hydrogen) atoms. The molecule has 7 nitrogen and oxygen atoms in total. The van der Waals surface area contributed by atoms with Crippen LogP contribution in [0.1, 0.15) is 38.1 Å². The van der Waals surface area contributed by atoms with Gasteiger partial charge in [-0.3, -0.25) is 18.6 Å². The predicted molar refractivity (Wildman–Crippen MR) is 122 cm³/mol. The zero-order valence-corrected chi connectivity index (χ0v) is 18.3. The summed E-state index contributed by atoms with van der Waals surface area (Å²) in [6.45, 7) is 4.28. The molecule has 1 N–H and O–H groups in total. The van der Waals surface area contributed by atoms with Crippen LogP contribution in [0.5, 0.6) is 0 Å². The molecule has 2 aromatic heterocycles. The van der Waals surface area contributed by atoms with Crippen LogP contribution in [0.4, 0.5) is 0 Å². The minimum absolute atomic E-state index is 0.0280. The Kier molecular flexibility index (Phi) is 6.04. The van der Waals surface area contributed by atoms with Crippen molar-refractivity contribution in [3.05, 3.63) is 75.3 Å². The number of carbonyl (C=O) groups is 1. The number of halogens is 1. The SMILES string of the molecule is CCC(C)NC(=O)CCc1nnc2n(Cc3ccccc3Cl)c(=O)c3ccccc3n12. The fraction of sp³-hybridized carbons (Fsp3) is 0.304. The Balaban J connectivity index is 1.79. The monoisotopic (exact) mass is 437 g/mol. The third-order valence-electron chi connectivity index (χ3n) is 5.46. The molecule has 2 heterocycles. The van der Waals surface area contributed by atoms with E-state index < -0.39 is 0 Å². The van der Waals surface area contributed by atoms with Crippen molar-refractivity contribution in [2.75, 3.05) is 0 Å². The number of nitrogens with one attached hydrogen (secondary N) is 1. The summed E-state index contributed by atoms with van der Waals surface area (Å²) < 4.78 is 3.45. The quantitative estimate of drug-likeness (QED) is 0.479. The summed E-state index contributed by atoms with van der Waals surface area (Å²) in [6, 6.07) is 14.9. The van der Waals surface area contributed by atoms with Crippen molar-refractivity contribution in [2.45, 2.75) is 45.7 Å². The fourth-order valence-electron chi connectivity index (χ4n) is 3.59. The number of aryl methyl sites for hydroxylation is 1. The molecular formula is C23H24ClN5O2. The van der Waals surface area contributed by atoms with Crippen LogP contribution < -0.4 is 10.9 Å². The fourth-order valence-corrected chi connectivity index (χ4v) is 3.79. The van der Waals surface area contributed by atoms with Gasteiger partial charge in [0.2, 0.25) is 11.7 Å². The van der Waals surface area contributed by atoms with Gasteiger partial charge in [-0.05, 0) is 37.1 Å². The first kappa shape index (κ1) is 21.1. The summed E-state index contributed by atoms with van der Waals surface area (Å²) in [6.07, 6.45) is 1.58. The smallest absolute Gasteiger partial charge is 0.263 e. The van der Waals surface area contributed by atoms with Crippen LogP contribution in [0.25, 0.3) is 16.7 Å². The van der Waals surface area contributed by atoms with Crippen molar-refractivity contribution in [1.29, 1.82) is 0 Å². The first-order valence-corrected chi connectivity index (χ1v) is 10.8. The zero-order valence-electron chi connectivity index (χ0n) is 17.5. The van der Waals surface area contributed by atoms with Gasteiger partial charge in [-0.25, -0.2) is 0 Å². The molecule has 0 spiro atoms. The Morgan fingerprint density at radius 2 is 1.87 bits per heavy atom. The predicted octanol–water partition coefficient (Wildman–Crippen LogP) is 3.59. The summed E-state index contributed by atoms with van der Waals surface area (Å²) in [4.78, 5) is 25.5. The van der Waals surface area contributed by atoms with Crippen LogP contribution in [-0.2, 0) is 17.8 Å². The molecule has 2 aromatic carbocycles. The summed E-state index contributed by atoms with van der Waals surface area (Å²) in [7, 11) is 0. The van der Waals surface area contributed by atoms with E-state index in [9.17, 15) is 9.59 Å². The maximum atomic E-state index is 13.3. The third kappa shape index (κ3) is 4.18. The maximum absolute atomic E-state index is 13.3. The van der Waals surface area contributed by atoms with E-state index in [0.29, 0.717) is 34.9 Å². The third-order valence-corrected chi connectivity index (χ3v) is 5.83. The molecule has 0 aliphatic rings. The normalized spacial score (nSPS) is 12.4. The molecule has 0 radical (unpaired) electrons. The largest absolute Gasteiger partial charge is 0.354 e. The van der Waals surface area contributed by atoms with Gasteiger partial charge in [0.25, 0.3) is 5.56 Å². The molecule has 4 rings (SSSR count). The number of amides is 1. The van der Waals surface area contributed by atoms with Crippen molar-refractivity contribution in [2.24, 2.45) is 0 Å². The number of hydrogen-bond donors (Lipinski definition) is 1. The molecule has 8 heteroatoms. The van der Waals surface area contributed by atoms with E-state index in [0.717, 1.165) is 17.5 Å². The number of hydrogen-bond acceptors (Lipinski definition) is 4. The lowest BCUT2D eigenvalue weighted by Crippen LogP contribution is -2.32. The Morgan fingerprint density at radius 1 is 1.13 bits per heavy atom. The van der Waals surface area contributed by atoms with E-state index >= 15 is 0 Å². The molecule has 0 saturated carbocycles. The van der Waals surface area contributed by atoms with E-state index in [1.54, 1.807) is 16.7 Å². The first-order chi connectivity index (χ1) is 15.0. The van der Waals surface area contributed by atoms with Crippen molar-refractivity contribution >= 4 is 34.2 Å². The topological polar surface area (TPSA) is 81.3 Å². The second kappa shape index (κ2) is 8.89. The number of nitrogens with zero attached hydrogens (tertiary/aromatic N) is 4. The average Bonchev–Trinajstić information content (AvgIpc) is 3.20. The lowest BCUT2D eigenvalue weighted by atomic mass is 10.2. The highest BCUT2D eigenvalue weighted by atomic mass is 35.5. The van der Waals surface area contributed by atoms with Gasteiger partial charge in [-0.2, -0.15) is 0 Å². The summed E-state index contributed by atoms with van der Waals surface area (Å²) in [5.74, 6) is 1.04. The van der Waals surface area contributed by atoms with Crippen molar-refractivity contribution in [1.82, 2.24) is 24.5 Å². The number of para-hydroxylation sites is 1. The van der Waals surface area contributed by atoms with Crippen LogP contribution >= 0.6 is 11.6 Å². The minimum atomic E-state index is -0.156. The Morgan fingerprint density at radius 3 is 2.65 bits per heavy atom. The van der Waals surface area contributed by atoms with Gasteiger partial charge in [0.1, 0.15) is 5.82 Å². The van der Waals surface area contributed by atoms with Gasteiger partial charge in [-0.15, -0.1) is 10.2 Å². The molecule has 1 atom stereocenters. The Labute approximate surface area is 184 Å². The van der Waals surface area contributed by atoms with Crippen LogP contribution in [0.2, 0.25) is 5.02 Å². The van der Waals surface area contributed by atoms with Crippen molar-refractivity contribution in [3.63, 3.8) is 0 Å². The highest BCUT2D eigenvalue weighted by Gasteiger charge is 2.18. The van der Waals surface area contributed by atoms with E-state index in [1.165, 1.54) is 0 Å². The molecule has 1 unspecified atom stereocenters. The Hall–Kier alpha value is -3.19. The lowest BCUT2D eigenvalue weighted by molar-refractivity contribution is -0.121. The first-order valence-electron chi connectivity index (χ1n) is 10.4. The van der Waals surface area contributed by atoms with Gasteiger partial charge in [-0.1, -0.05) is 48.9 Å². The average molecular weight is 438 g/mol. The standard InChI is InChI=1S/C23H24ClN5O2/c1-3-15(2)25-21(30)13-12-20-26-27-23-28(14-16-8-4-6-10-18(16)24)22(31)17-9-5-7-11-19(17)29(20)23/h4-11,15H,3,12-14H2,1-2H3,(H,25,30). The molecule has 0 fully saturated rings. The molecular weight excluding hydrogens is 414 g/mol. The second-order valence-electron chi connectivity index (χ2n) is 7.63. The van der Waals surface area contributed by atoms with Crippen LogP contribution in [0, 0.1) is 0 Å². The Bertz CT molecular complexity index is 1310. The second-order valence-corrected chi connectivity index (χ2v) is 8.04. The molecule has 0 aliphatic heterocycles. The minimum Gasteiger partial charge on any atom is -0.354 e. The van der Waals surface area contributed by atoms with Crippen LogP contribution in [0.15, 0.2) is 53.3 Å². The van der Waals surface area contributed by atoms with Gasteiger partial charge in [0, 0.05) is 23.9 Å². The van der Waals surface area contributed by atoms with Gasteiger partial charge < -0.3 is 5.32 Å². The van der Waals surface area contributed by atoms with Crippen molar-refractivity contribution < 1.29 is 4.79 Å². The van der Waals surface area contributed by atoms with Crippen LogP contribution in [-0.4, -0.2) is 31.1 Å². The summed E-state index contributed by atoms with van der Waals surface area (Å²) in [5, 5.41) is 12.8. The highest BCUT2D eigenvalue weighted by Crippen LogP contribution is 2.19. The van der Waals surface area contributed by atoms with E-state index in [4.69, 9.17) is 11.6 Å². The molecule has 0 saturated heterocycles. The summed E-state index contributed by atoms with van der Waals surface area (Å²) in [5.41, 5.74) is 1.39. The molecule has 160 valence electrons. The number of carbonyl (C=O) groups excluding carboxylic acids is 1. The van der Waals surface area contributed by atoms with Gasteiger partial charge >= 0.3 is 0 Å². The molecule has 4 aromatic rings. The zero-order chi connectivity index (χ0) is 22.0. The number of fused-ring (bicyclic) bond motifs is 3. The summed E-state index contributed by atoms with van der Waals surface area (Å²) >= 11 is 6.34. The van der Waals surface area contributed by atoms with E-state index in [1.807, 2.05) is 54.6 Å². The molecule has 1 amide bonds. The van der Waals surface area contributed by atoms with Gasteiger partial charge in [0.05, 0.1) is 17.4 Å². The van der Waals surface area contributed by atoms with Crippen LogP contribution in [0.3, 0.4) is 0 Å². The van der Waals surface area contributed by atoms with Crippen molar-refractivity contribution in [3.8, 4) is 0 Å².